The summed E-state index contributed by atoms with van der Waals surface area (Å²) in [5.74, 6) is -0.776. The molecule has 0 radical (unpaired) electrons. The standard InChI is InChI=1S/C10H15ClO3/c1-14-10(13)8-5-3-2-4-7(8)9(12)6-11/h7-8H,2-6H2,1H3/t7-,8-/m0/s1. The van der Waals surface area contributed by atoms with Crippen LogP contribution in [0.1, 0.15) is 25.7 Å². The third-order valence-electron chi connectivity index (χ3n) is 2.82. The number of carbonyl (C=O) groups is 2. The number of methoxy groups -OCH3 is 1. The maximum absolute atomic E-state index is 11.5. The minimum absolute atomic E-state index is 0.00182. The van der Waals surface area contributed by atoms with E-state index in [9.17, 15) is 9.59 Å². The van der Waals surface area contributed by atoms with Crippen LogP contribution in [0.15, 0.2) is 0 Å². The van der Waals surface area contributed by atoms with Crippen molar-refractivity contribution in [3.8, 4) is 0 Å². The molecular weight excluding hydrogens is 204 g/mol. The second kappa shape index (κ2) is 5.35. The first-order valence-corrected chi connectivity index (χ1v) is 5.40. The highest BCUT2D eigenvalue weighted by Crippen LogP contribution is 2.31. The zero-order chi connectivity index (χ0) is 10.6. The second-order valence-electron chi connectivity index (χ2n) is 3.62. The van der Waals surface area contributed by atoms with Crippen LogP contribution in [-0.2, 0) is 14.3 Å². The smallest absolute Gasteiger partial charge is 0.309 e. The molecule has 0 saturated heterocycles. The van der Waals surface area contributed by atoms with E-state index >= 15 is 0 Å². The molecular formula is C10H15ClO3. The molecule has 14 heavy (non-hydrogen) atoms. The van der Waals surface area contributed by atoms with Crippen LogP contribution in [0.4, 0.5) is 0 Å². The zero-order valence-corrected chi connectivity index (χ0v) is 9.05. The summed E-state index contributed by atoms with van der Waals surface area (Å²) in [6, 6.07) is 0. The Kier molecular flexibility index (Phi) is 4.39. The molecule has 0 spiro atoms. The van der Waals surface area contributed by atoms with Gasteiger partial charge in [0.05, 0.1) is 18.9 Å². The molecule has 80 valence electrons. The number of alkyl halides is 1. The van der Waals surface area contributed by atoms with Gasteiger partial charge in [-0.3, -0.25) is 9.59 Å². The number of carbonyl (C=O) groups excluding carboxylic acids is 2. The van der Waals surface area contributed by atoms with E-state index in [1.807, 2.05) is 0 Å². The van der Waals surface area contributed by atoms with E-state index in [1.165, 1.54) is 7.11 Å². The Balaban J connectivity index is 2.68. The normalized spacial score (nSPS) is 27.0. The predicted octanol–water partition coefficient (Wildman–Crippen LogP) is 1.77. The Morgan fingerprint density at radius 3 is 2.36 bits per heavy atom. The SMILES string of the molecule is COC(=O)[C@H]1CCCC[C@@H]1C(=O)CCl. The van der Waals surface area contributed by atoms with Gasteiger partial charge in [0.15, 0.2) is 5.78 Å². The molecule has 0 amide bonds. The first-order chi connectivity index (χ1) is 6.70. The van der Waals surface area contributed by atoms with Crippen molar-refractivity contribution in [2.75, 3.05) is 13.0 Å². The van der Waals surface area contributed by atoms with Gasteiger partial charge in [-0.25, -0.2) is 0 Å². The summed E-state index contributed by atoms with van der Waals surface area (Å²) in [4.78, 5) is 22.8. The molecule has 0 aliphatic heterocycles. The minimum atomic E-state index is -0.270. The van der Waals surface area contributed by atoms with Gasteiger partial charge in [-0.1, -0.05) is 12.8 Å². The number of hydrogen-bond acceptors (Lipinski definition) is 3. The molecule has 1 fully saturated rings. The second-order valence-corrected chi connectivity index (χ2v) is 3.89. The maximum atomic E-state index is 11.5. The fraction of sp³-hybridized carbons (Fsp3) is 0.800. The van der Waals surface area contributed by atoms with Gasteiger partial charge in [-0.15, -0.1) is 11.6 Å². The molecule has 0 aromatic rings. The number of esters is 1. The first kappa shape index (κ1) is 11.5. The molecule has 1 aliphatic carbocycles. The largest absolute Gasteiger partial charge is 0.469 e. The molecule has 0 heterocycles. The summed E-state index contributed by atoms with van der Waals surface area (Å²) in [6.45, 7) is 0. The van der Waals surface area contributed by atoms with Crippen molar-refractivity contribution in [2.45, 2.75) is 25.7 Å². The molecule has 0 unspecified atom stereocenters. The van der Waals surface area contributed by atoms with E-state index in [0.717, 1.165) is 25.7 Å². The van der Waals surface area contributed by atoms with Crippen molar-refractivity contribution in [1.29, 1.82) is 0 Å². The van der Waals surface area contributed by atoms with Crippen LogP contribution in [0, 0.1) is 11.8 Å². The number of rotatable bonds is 3. The van der Waals surface area contributed by atoms with Crippen LogP contribution in [0.5, 0.6) is 0 Å². The fourth-order valence-corrected chi connectivity index (χ4v) is 2.25. The van der Waals surface area contributed by atoms with E-state index in [-0.39, 0.29) is 29.5 Å². The summed E-state index contributed by atoms with van der Waals surface area (Å²) in [7, 11) is 1.36. The van der Waals surface area contributed by atoms with Crippen molar-refractivity contribution >= 4 is 23.4 Å². The van der Waals surface area contributed by atoms with E-state index < -0.39 is 0 Å². The van der Waals surface area contributed by atoms with E-state index in [1.54, 1.807) is 0 Å². The molecule has 4 heteroatoms. The molecule has 1 aliphatic rings. The van der Waals surface area contributed by atoms with Gasteiger partial charge in [0, 0.05) is 5.92 Å². The molecule has 2 atom stereocenters. The lowest BCUT2D eigenvalue weighted by Crippen LogP contribution is -2.34. The van der Waals surface area contributed by atoms with Gasteiger partial charge in [-0.05, 0) is 12.8 Å². The Hall–Kier alpha value is -0.570. The average molecular weight is 219 g/mol. The van der Waals surface area contributed by atoms with Crippen molar-refractivity contribution in [1.82, 2.24) is 0 Å². The Bertz CT molecular complexity index is 203. The van der Waals surface area contributed by atoms with Crippen LogP contribution < -0.4 is 0 Å². The van der Waals surface area contributed by atoms with Crippen LogP contribution >= 0.6 is 11.6 Å². The summed E-state index contributed by atoms with van der Waals surface area (Å²) in [5.41, 5.74) is 0. The highest BCUT2D eigenvalue weighted by Gasteiger charge is 2.35. The number of Topliss-reactive ketones (excluding diaryl/α,β-unsaturated/α-hetero) is 1. The Morgan fingerprint density at radius 1 is 1.29 bits per heavy atom. The van der Waals surface area contributed by atoms with E-state index in [2.05, 4.69) is 4.74 Å². The van der Waals surface area contributed by atoms with Crippen molar-refractivity contribution in [2.24, 2.45) is 11.8 Å². The third-order valence-corrected chi connectivity index (χ3v) is 3.08. The lowest BCUT2D eigenvalue weighted by atomic mass is 9.77. The summed E-state index contributed by atoms with van der Waals surface area (Å²) < 4.78 is 4.68. The highest BCUT2D eigenvalue weighted by molar-refractivity contribution is 6.28. The van der Waals surface area contributed by atoms with Gasteiger partial charge >= 0.3 is 5.97 Å². The monoisotopic (exact) mass is 218 g/mol. The Labute approximate surface area is 88.8 Å². The number of hydrogen-bond donors (Lipinski definition) is 0. The van der Waals surface area contributed by atoms with Gasteiger partial charge in [-0.2, -0.15) is 0 Å². The summed E-state index contributed by atoms with van der Waals surface area (Å²) >= 11 is 5.50. The van der Waals surface area contributed by atoms with Gasteiger partial charge in [0.25, 0.3) is 0 Å². The van der Waals surface area contributed by atoms with Crippen molar-refractivity contribution in [3.05, 3.63) is 0 Å². The quantitative estimate of drug-likeness (QED) is 0.536. The fourth-order valence-electron chi connectivity index (χ4n) is 2.05. The number of ether oxygens (including phenoxy) is 1. The summed E-state index contributed by atoms with van der Waals surface area (Å²) in [5, 5.41) is 0. The third kappa shape index (κ3) is 2.47. The van der Waals surface area contributed by atoms with Crippen LogP contribution in [0.2, 0.25) is 0 Å². The van der Waals surface area contributed by atoms with Crippen LogP contribution in [0.3, 0.4) is 0 Å². The summed E-state index contributed by atoms with van der Waals surface area (Å²) in [6.07, 6.45) is 3.51. The van der Waals surface area contributed by atoms with Gasteiger partial charge < -0.3 is 4.74 Å². The average Bonchev–Trinajstić information content (AvgIpc) is 2.27. The molecule has 0 bridgehead atoms. The molecule has 3 nitrogen and oxygen atoms in total. The van der Waals surface area contributed by atoms with E-state index in [0.29, 0.717) is 0 Å². The van der Waals surface area contributed by atoms with Crippen LogP contribution in [0.25, 0.3) is 0 Å². The molecule has 0 N–H and O–H groups in total. The molecule has 1 rings (SSSR count). The Morgan fingerprint density at radius 2 is 1.86 bits per heavy atom. The lowest BCUT2D eigenvalue weighted by Gasteiger charge is -2.27. The topological polar surface area (TPSA) is 43.4 Å². The molecule has 0 aromatic carbocycles. The van der Waals surface area contributed by atoms with Crippen molar-refractivity contribution < 1.29 is 14.3 Å². The van der Waals surface area contributed by atoms with Crippen LogP contribution in [-0.4, -0.2) is 24.7 Å². The van der Waals surface area contributed by atoms with Crippen molar-refractivity contribution in [3.63, 3.8) is 0 Å². The van der Waals surface area contributed by atoms with Gasteiger partial charge in [0.2, 0.25) is 0 Å². The molecule has 0 aromatic heterocycles. The zero-order valence-electron chi connectivity index (χ0n) is 8.29. The first-order valence-electron chi connectivity index (χ1n) is 4.87. The van der Waals surface area contributed by atoms with E-state index in [4.69, 9.17) is 11.6 Å². The number of ketones is 1. The molecule has 1 saturated carbocycles. The maximum Gasteiger partial charge on any atom is 0.309 e. The highest BCUT2D eigenvalue weighted by atomic mass is 35.5. The lowest BCUT2D eigenvalue weighted by molar-refractivity contribution is -0.151. The number of halogens is 1. The predicted molar refractivity (Wildman–Crippen MR) is 53.2 cm³/mol. The minimum Gasteiger partial charge on any atom is -0.469 e. The van der Waals surface area contributed by atoms with Gasteiger partial charge in [0.1, 0.15) is 0 Å².